The molecule has 1 aliphatic rings. The van der Waals surface area contributed by atoms with E-state index >= 15 is 0 Å². The van der Waals surface area contributed by atoms with Crippen molar-refractivity contribution in [3.8, 4) is 0 Å². The Hall–Kier alpha value is -2.25. The molecule has 1 aromatic carbocycles. The molecular formula is C15H17NO6. The van der Waals surface area contributed by atoms with Gasteiger partial charge in [0.15, 0.2) is 6.29 Å². The smallest absolute Gasteiger partial charge is 0.336 e. The zero-order chi connectivity index (χ0) is 16.4. The van der Waals surface area contributed by atoms with E-state index in [1.807, 2.05) is 6.92 Å². The molecule has 2 atom stereocenters. The van der Waals surface area contributed by atoms with Gasteiger partial charge in [0.05, 0.1) is 17.7 Å². The van der Waals surface area contributed by atoms with Crippen molar-refractivity contribution in [3.63, 3.8) is 0 Å². The number of carbonyl (C=O) groups is 3. The Morgan fingerprint density at radius 3 is 2.55 bits per heavy atom. The predicted octanol–water partition coefficient (Wildman–Crippen LogP) is 1.60. The van der Waals surface area contributed by atoms with Crippen molar-refractivity contribution >= 4 is 18.2 Å². The van der Waals surface area contributed by atoms with Gasteiger partial charge in [0, 0.05) is 17.2 Å². The third kappa shape index (κ3) is 2.72. The second-order valence-electron chi connectivity index (χ2n) is 5.16. The molecule has 1 fully saturated rings. The van der Waals surface area contributed by atoms with Crippen LogP contribution in [0.3, 0.4) is 0 Å². The van der Waals surface area contributed by atoms with E-state index in [0.717, 1.165) is 6.42 Å². The normalized spacial score (nSPS) is 20.8. The SMILES string of the molecule is CC[C@@H]1COC(c2c(C)cc(C(=O)O)c(C=O)c2C(=O)O)N1. The lowest BCUT2D eigenvalue weighted by molar-refractivity contribution is 0.0671. The molecule has 3 N–H and O–H groups in total. The molecule has 0 aliphatic carbocycles. The Bertz CT molecular complexity index is 639. The molecule has 22 heavy (non-hydrogen) atoms. The van der Waals surface area contributed by atoms with Crippen LogP contribution in [0.25, 0.3) is 0 Å². The van der Waals surface area contributed by atoms with Crippen molar-refractivity contribution in [1.29, 1.82) is 0 Å². The van der Waals surface area contributed by atoms with E-state index in [0.29, 0.717) is 17.7 Å². The van der Waals surface area contributed by atoms with Crippen molar-refractivity contribution < 1.29 is 29.3 Å². The summed E-state index contributed by atoms with van der Waals surface area (Å²) >= 11 is 0. The first-order chi connectivity index (χ1) is 10.4. The first-order valence-corrected chi connectivity index (χ1v) is 6.87. The quantitative estimate of drug-likeness (QED) is 0.708. The minimum atomic E-state index is -1.35. The summed E-state index contributed by atoms with van der Waals surface area (Å²) in [6.07, 6.45) is 0.408. The van der Waals surface area contributed by atoms with Gasteiger partial charge in [-0.3, -0.25) is 10.1 Å². The molecule has 1 saturated heterocycles. The lowest BCUT2D eigenvalue weighted by atomic mass is 9.91. The summed E-state index contributed by atoms with van der Waals surface area (Å²) in [5, 5.41) is 21.8. The Kier molecular flexibility index (Phi) is 4.58. The van der Waals surface area contributed by atoms with Crippen molar-refractivity contribution in [2.75, 3.05) is 6.61 Å². The van der Waals surface area contributed by atoms with E-state index in [-0.39, 0.29) is 29.0 Å². The lowest BCUT2D eigenvalue weighted by Gasteiger charge is -2.19. The number of hydrogen-bond donors (Lipinski definition) is 3. The molecule has 2 rings (SSSR count). The van der Waals surface area contributed by atoms with Crippen LogP contribution in [0.5, 0.6) is 0 Å². The number of ether oxygens (including phenoxy) is 1. The van der Waals surface area contributed by atoms with Crippen molar-refractivity contribution in [3.05, 3.63) is 33.9 Å². The molecule has 7 heteroatoms. The number of rotatable bonds is 5. The van der Waals surface area contributed by atoms with Gasteiger partial charge in [-0.05, 0) is 25.0 Å². The molecule has 0 amide bonds. The first-order valence-electron chi connectivity index (χ1n) is 6.87. The average molecular weight is 307 g/mol. The number of benzene rings is 1. The molecule has 118 valence electrons. The van der Waals surface area contributed by atoms with Gasteiger partial charge in [0.2, 0.25) is 0 Å². The zero-order valence-electron chi connectivity index (χ0n) is 12.3. The minimum Gasteiger partial charge on any atom is -0.478 e. The summed E-state index contributed by atoms with van der Waals surface area (Å²) in [5.41, 5.74) is -0.225. The fourth-order valence-electron chi connectivity index (χ4n) is 2.64. The summed E-state index contributed by atoms with van der Waals surface area (Å²) < 4.78 is 5.58. The van der Waals surface area contributed by atoms with E-state index < -0.39 is 18.2 Å². The van der Waals surface area contributed by atoms with E-state index in [2.05, 4.69) is 5.32 Å². The maximum absolute atomic E-state index is 11.6. The van der Waals surface area contributed by atoms with Gasteiger partial charge in [-0.25, -0.2) is 9.59 Å². The number of aldehydes is 1. The van der Waals surface area contributed by atoms with Crippen LogP contribution in [-0.2, 0) is 4.74 Å². The van der Waals surface area contributed by atoms with Gasteiger partial charge in [-0.2, -0.15) is 0 Å². The average Bonchev–Trinajstić information content (AvgIpc) is 2.94. The van der Waals surface area contributed by atoms with Crippen LogP contribution in [0.15, 0.2) is 6.07 Å². The second-order valence-corrected chi connectivity index (χ2v) is 5.16. The Morgan fingerprint density at radius 1 is 1.41 bits per heavy atom. The van der Waals surface area contributed by atoms with E-state index in [9.17, 15) is 19.5 Å². The van der Waals surface area contributed by atoms with Gasteiger partial charge in [-0.1, -0.05) is 6.92 Å². The summed E-state index contributed by atoms with van der Waals surface area (Å²) in [6.45, 7) is 4.00. The van der Waals surface area contributed by atoms with E-state index in [4.69, 9.17) is 9.84 Å². The molecular weight excluding hydrogens is 290 g/mol. The molecule has 7 nitrogen and oxygen atoms in total. The number of aryl methyl sites for hydroxylation is 1. The molecule has 1 unspecified atom stereocenters. The third-order valence-corrected chi connectivity index (χ3v) is 3.78. The number of aromatic carboxylic acids is 2. The molecule has 0 aromatic heterocycles. The highest BCUT2D eigenvalue weighted by Crippen LogP contribution is 2.31. The molecule has 0 spiro atoms. The van der Waals surface area contributed by atoms with Crippen LogP contribution in [0.1, 0.15) is 61.8 Å². The summed E-state index contributed by atoms with van der Waals surface area (Å²) in [5.74, 6) is -2.69. The van der Waals surface area contributed by atoms with Gasteiger partial charge >= 0.3 is 11.9 Å². The monoisotopic (exact) mass is 307 g/mol. The largest absolute Gasteiger partial charge is 0.478 e. The zero-order valence-corrected chi connectivity index (χ0v) is 12.3. The van der Waals surface area contributed by atoms with Crippen LogP contribution < -0.4 is 5.32 Å². The maximum atomic E-state index is 11.6. The first kappa shape index (κ1) is 16.1. The van der Waals surface area contributed by atoms with Crippen molar-refractivity contribution in [2.24, 2.45) is 0 Å². The van der Waals surface area contributed by atoms with Crippen LogP contribution >= 0.6 is 0 Å². The fourth-order valence-corrected chi connectivity index (χ4v) is 2.64. The van der Waals surface area contributed by atoms with Crippen LogP contribution in [0.4, 0.5) is 0 Å². The Labute approximate surface area is 126 Å². The highest BCUT2D eigenvalue weighted by Gasteiger charge is 2.32. The third-order valence-electron chi connectivity index (χ3n) is 3.78. The highest BCUT2D eigenvalue weighted by atomic mass is 16.5. The summed E-state index contributed by atoms with van der Waals surface area (Å²) in [6, 6.07) is 1.39. The molecule has 0 bridgehead atoms. The molecule has 0 radical (unpaired) electrons. The van der Waals surface area contributed by atoms with Gasteiger partial charge in [0.1, 0.15) is 6.23 Å². The number of carboxylic acids is 2. The predicted molar refractivity (Wildman–Crippen MR) is 76.4 cm³/mol. The maximum Gasteiger partial charge on any atom is 0.336 e. The Balaban J connectivity index is 2.66. The summed E-state index contributed by atoms with van der Waals surface area (Å²) in [4.78, 5) is 34.1. The molecule has 1 aromatic rings. The highest BCUT2D eigenvalue weighted by molar-refractivity contribution is 6.06. The fraction of sp³-hybridized carbons (Fsp3) is 0.400. The molecule has 1 heterocycles. The standard InChI is InChI=1S/C15H17NO6/c1-3-8-6-22-13(16-8)11-7(2)4-9(14(18)19)10(5-17)12(11)15(20)21/h4-5,8,13,16H,3,6H2,1-2H3,(H,18,19)(H,20,21)/t8-,13?/m1/s1. The van der Waals surface area contributed by atoms with Gasteiger partial charge in [0.25, 0.3) is 0 Å². The van der Waals surface area contributed by atoms with Gasteiger partial charge < -0.3 is 14.9 Å². The number of carbonyl (C=O) groups excluding carboxylic acids is 1. The topological polar surface area (TPSA) is 113 Å². The summed E-state index contributed by atoms with van der Waals surface area (Å²) in [7, 11) is 0. The lowest BCUT2D eigenvalue weighted by Crippen LogP contribution is -2.27. The number of hydrogen-bond acceptors (Lipinski definition) is 5. The minimum absolute atomic E-state index is 0.0878. The second kappa shape index (κ2) is 6.25. The van der Waals surface area contributed by atoms with Crippen LogP contribution in [0.2, 0.25) is 0 Å². The van der Waals surface area contributed by atoms with Crippen molar-refractivity contribution in [1.82, 2.24) is 5.32 Å². The van der Waals surface area contributed by atoms with Crippen molar-refractivity contribution in [2.45, 2.75) is 32.5 Å². The Morgan fingerprint density at radius 2 is 2.09 bits per heavy atom. The molecule has 1 aliphatic heterocycles. The van der Waals surface area contributed by atoms with Gasteiger partial charge in [-0.15, -0.1) is 0 Å². The number of carboxylic acid groups (broad SMARTS) is 2. The van der Waals surface area contributed by atoms with Crippen LogP contribution in [-0.4, -0.2) is 41.1 Å². The van der Waals surface area contributed by atoms with E-state index in [1.54, 1.807) is 6.92 Å². The van der Waals surface area contributed by atoms with Crippen LogP contribution in [0, 0.1) is 6.92 Å². The number of nitrogens with one attached hydrogen (secondary N) is 1. The van der Waals surface area contributed by atoms with E-state index in [1.165, 1.54) is 6.07 Å². The molecule has 0 saturated carbocycles.